The van der Waals surface area contributed by atoms with E-state index in [1.54, 1.807) is 29.2 Å². The van der Waals surface area contributed by atoms with E-state index in [9.17, 15) is 19.5 Å². The number of nitrogens with zero attached hydrogens (tertiary/aromatic N) is 2. The summed E-state index contributed by atoms with van der Waals surface area (Å²) in [6, 6.07) is 23.5. The average Bonchev–Trinajstić information content (AvgIpc) is 3.02. The first kappa shape index (κ1) is 25.8. The highest BCUT2D eigenvalue weighted by Gasteiger charge is 2.58. The molecule has 1 heterocycles. The maximum absolute atomic E-state index is 14.5. The Morgan fingerprint density at radius 2 is 1.41 bits per heavy atom. The number of fused-ring (bicyclic) bond motifs is 1. The maximum atomic E-state index is 14.5. The number of aliphatic hydroxyl groups is 1. The van der Waals surface area contributed by atoms with Crippen molar-refractivity contribution in [2.75, 3.05) is 21.7 Å². The SMILES string of the molecule is O=C(Nc1ccccc1)NC1C(=O)N(CC23C[C@@H]4C[C@@H](CC(O)(C4)C2)C3)c2ccccc2N(c2ccccc2)C1=O. The number of nitrogens with one attached hydrogen (secondary N) is 2. The van der Waals surface area contributed by atoms with Crippen LogP contribution in [0.4, 0.5) is 27.5 Å². The van der Waals surface area contributed by atoms with E-state index in [-0.39, 0.29) is 5.41 Å². The molecule has 41 heavy (non-hydrogen) atoms. The third-order valence-corrected chi connectivity index (χ3v) is 9.36. The Labute approximate surface area is 239 Å². The molecule has 0 aromatic heterocycles. The largest absolute Gasteiger partial charge is 0.390 e. The molecule has 8 heteroatoms. The van der Waals surface area contributed by atoms with Crippen LogP contribution in [0.15, 0.2) is 84.9 Å². The highest BCUT2D eigenvalue weighted by atomic mass is 16.3. The number of carbonyl (C=O) groups excluding carboxylic acids is 3. The molecule has 210 valence electrons. The van der Waals surface area contributed by atoms with Gasteiger partial charge in [0.25, 0.3) is 11.8 Å². The molecule has 5 aliphatic rings. The van der Waals surface area contributed by atoms with Crippen LogP contribution < -0.4 is 20.4 Å². The van der Waals surface area contributed by atoms with Crippen molar-refractivity contribution in [3.63, 3.8) is 0 Å². The molecule has 0 saturated heterocycles. The van der Waals surface area contributed by atoms with Crippen LogP contribution in [0.5, 0.6) is 0 Å². The number of carbonyl (C=O) groups is 3. The lowest BCUT2D eigenvalue weighted by molar-refractivity contribution is -0.161. The summed E-state index contributed by atoms with van der Waals surface area (Å²) in [5, 5.41) is 16.9. The van der Waals surface area contributed by atoms with Crippen molar-refractivity contribution in [2.45, 2.75) is 50.2 Å². The minimum Gasteiger partial charge on any atom is -0.390 e. The molecule has 8 nitrogen and oxygen atoms in total. The van der Waals surface area contributed by atoms with Crippen LogP contribution in [-0.2, 0) is 9.59 Å². The van der Waals surface area contributed by atoms with Gasteiger partial charge >= 0.3 is 6.03 Å². The zero-order chi connectivity index (χ0) is 28.2. The number of anilines is 4. The Morgan fingerprint density at radius 3 is 2.07 bits per heavy atom. The number of hydrogen-bond donors (Lipinski definition) is 3. The Bertz CT molecular complexity index is 1480. The third kappa shape index (κ3) is 4.66. The number of amides is 4. The number of benzene rings is 3. The lowest BCUT2D eigenvalue weighted by atomic mass is 9.48. The van der Waals surface area contributed by atoms with Gasteiger partial charge in [0.1, 0.15) is 0 Å². The summed E-state index contributed by atoms with van der Waals surface area (Å²) in [6.45, 7) is 0.395. The molecule has 4 fully saturated rings. The van der Waals surface area contributed by atoms with Crippen LogP contribution in [0.2, 0.25) is 0 Å². The Morgan fingerprint density at radius 1 is 0.805 bits per heavy atom. The van der Waals surface area contributed by atoms with Gasteiger partial charge in [0.15, 0.2) is 6.04 Å². The molecule has 3 N–H and O–H groups in total. The fourth-order valence-electron chi connectivity index (χ4n) is 8.38. The molecule has 0 spiro atoms. The monoisotopic (exact) mass is 550 g/mol. The summed E-state index contributed by atoms with van der Waals surface area (Å²) in [5.74, 6) is -0.0893. The van der Waals surface area contributed by atoms with E-state index in [2.05, 4.69) is 10.6 Å². The Balaban J connectivity index is 1.29. The molecular formula is C33H34N4O4. The highest BCUT2D eigenvalue weighted by molar-refractivity contribution is 6.24. The van der Waals surface area contributed by atoms with E-state index in [1.807, 2.05) is 60.7 Å². The van der Waals surface area contributed by atoms with Crippen LogP contribution in [0, 0.1) is 17.3 Å². The maximum Gasteiger partial charge on any atom is 0.320 e. The van der Waals surface area contributed by atoms with Gasteiger partial charge in [-0.05, 0) is 92.2 Å². The van der Waals surface area contributed by atoms with Gasteiger partial charge in [-0.1, -0.05) is 48.5 Å². The summed E-state index contributed by atoms with van der Waals surface area (Å²) in [5.41, 5.74) is 1.47. The number of hydrogen-bond acceptors (Lipinski definition) is 4. The minimum atomic E-state index is -1.44. The average molecular weight is 551 g/mol. The molecule has 5 atom stereocenters. The predicted molar refractivity (Wildman–Crippen MR) is 157 cm³/mol. The van der Waals surface area contributed by atoms with Crippen LogP contribution in [0.1, 0.15) is 38.5 Å². The molecule has 4 saturated carbocycles. The molecule has 4 amide bonds. The first-order chi connectivity index (χ1) is 19.8. The molecule has 3 unspecified atom stereocenters. The number of para-hydroxylation sites is 4. The van der Waals surface area contributed by atoms with Crippen molar-refractivity contribution >= 4 is 40.6 Å². The quantitative estimate of drug-likeness (QED) is 0.379. The number of rotatable bonds is 5. The first-order valence-corrected chi connectivity index (χ1v) is 14.5. The Hall–Kier alpha value is -4.17. The lowest BCUT2D eigenvalue weighted by Gasteiger charge is -2.61. The van der Waals surface area contributed by atoms with Gasteiger partial charge in [0.2, 0.25) is 0 Å². The van der Waals surface area contributed by atoms with Crippen molar-refractivity contribution in [1.29, 1.82) is 0 Å². The van der Waals surface area contributed by atoms with Crippen molar-refractivity contribution in [3.8, 4) is 0 Å². The second-order valence-corrected chi connectivity index (χ2v) is 12.5. The van der Waals surface area contributed by atoms with Crippen molar-refractivity contribution in [3.05, 3.63) is 84.9 Å². The van der Waals surface area contributed by atoms with Gasteiger partial charge in [0.05, 0.1) is 17.0 Å². The standard InChI is InChI=1S/C33H34N4O4/c38-29-28(35-31(40)34-24-9-3-1-4-10-24)30(39)37(25-11-5-2-6-12-25)27-14-8-7-13-26(27)36(29)21-32-16-22-15-23(17-32)19-33(41,18-22)20-32/h1-14,22-23,28,41H,15-21H2,(H2,34,35,40)/t22-,23+,28?,32?,33?. The highest BCUT2D eigenvalue weighted by Crippen LogP contribution is 2.62. The zero-order valence-electron chi connectivity index (χ0n) is 22.8. The fraction of sp³-hybridized carbons (Fsp3) is 0.364. The molecular weight excluding hydrogens is 516 g/mol. The Kier molecular flexibility index (Phi) is 6.12. The van der Waals surface area contributed by atoms with Gasteiger partial charge in [-0.25, -0.2) is 4.79 Å². The normalized spacial score (nSPS) is 30.1. The summed E-state index contributed by atoms with van der Waals surface area (Å²) < 4.78 is 0. The molecule has 1 aliphatic heterocycles. The van der Waals surface area contributed by atoms with Gasteiger partial charge in [-0.3, -0.25) is 14.5 Å². The summed E-state index contributed by atoms with van der Waals surface area (Å²) in [7, 11) is 0. The van der Waals surface area contributed by atoms with Gasteiger partial charge in [-0.2, -0.15) is 0 Å². The van der Waals surface area contributed by atoms with Crippen LogP contribution >= 0.6 is 0 Å². The molecule has 4 aliphatic carbocycles. The zero-order valence-corrected chi connectivity index (χ0v) is 22.8. The van der Waals surface area contributed by atoms with E-state index < -0.39 is 29.5 Å². The fourth-order valence-corrected chi connectivity index (χ4v) is 8.38. The van der Waals surface area contributed by atoms with Gasteiger partial charge < -0.3 is 20.6 Å². The molecule has 4 bridgehead atoms. The van der Waals surface area contributed by atoms with Crippen LogP contribution in [0.25, 0.3) is 0 Å². The topological polar surface area (TPSA) is 102 Å². The predicted octanol–water partition coefficient (Wildman–Crippen LogP) is 5.22. The first-order valence-electron chi connectivity index (χ1n) is 14.5. The van der Waals surface area contributed by atoms with Crippen LogP contribution in [0.3, 0.4) is 0 Å². The summed E-state index contributed by atoms with van der Waals surface area (Å²) >= 11 is 0. The van der Waals surface area contributed by atoms with Crippen molar-refractivity contribution in [2.24, 2.45) is 17.3 Å². The van der Waals surface area contributed by atoms with E-state index in [0.717, 1.165) is 32.1 Å². The number of urea groups is 1. The minimum absolute atomic E-state index is 0.233. The van der Waals surface area contributed by atoms with Crippen molar-refractivity contribution < 1.29 is 19.5 Å². The summed E-state index contributed by atoms with van der Waals surface area (Å²) in [6.07, 6.45) is 5.38. The van der Waals surface area contributed by atoms with Crippen LogP contribution in [-0.4, -0.2) is 41.1 Å². The molecule has 0 radical (unpaired) electrons. The molecule has 3 aromatic rings. The van der Waals surface area contributed by atoms with E-state index >= 15 is 0 Å². The smallest absolute Gasteiger partial charge is 0.320 e. The van der Waals surface area contributed by atoms with Gasteiger partial charge in [0, 0.05) is 17.9 Å². The molecule has 3 aromatic carbocycles. The summed E-state index contributed by atoms with van der Waals surface area (Å²) in [4.78, 5) is 45.1. The third-order valence-electron chi connectivity index (χ3n) is 9.36. The van der Waals surface area contributed by atoms with E-state index in [1.165, 1.54) is 4.90 Å². The molecule has 8 rings (SSSR count). The second kappa shape index (κ2) is 9.73. The van der Waals surface area contributed by atoms with E-state index in [4.69, 9.17) is 0 Å². The lowest BCUT2D eigenvalue weighted by Crippen LogP contribution is -2.61. The van der Waals surface area contributed by atoms with Gasteiger partial charge in [-0.15, -0.1) is 0 Å². The second-order valence-electron chi connectivity index (χ2n) is 12.5. The van der Waals surface area contributed by atoms with E-state index in [0.29, 0.717) is 47.6 Å². The van der Waals surface area contributed by atoms with Crippen molar-refractivity contribution in [1.82, 2.24) is 5.32 Å².